The van der Waals surface area contributed by atoms with Crippen molar-refractivity contribution in [2.24, 2.45) is 0 Å². The first-order chi connectivity index (χ1) is 12.1. The van der Waals surface area contributed by atoms with E-state index in [1.807, 2.05) is 12.1 Å². The summed E-state index contributed by atoms with van der Waals surface area (Å²) >= 11 is 6.08. The Morgan fingerprint density at radius 3 is 2.80 bits per heavy atom. The molecule has 6 heteroatoms. The first-order valence-electron chi connectivity index (χ1n) is 7.55. The maximum absolute atomic E-state index is 12.8. The van der Waals surface area contributed by atoms with Crippen LogP contribution in [-0.4, -0.2) is 28.0 Å². The molecular formula is C19H13ClN2O3. The molecule has 0 aliphatic heterocycles. The van der Waals surface area contributed by atoms with Crippen molar-refractivity contribution in [2.45, 2.75) is 0 Å². The van der Waals surface area contributed by atoms with Crippen LogP contribution in [0.5, 0.6) is 11.5 Å². The fourth-order valence-corrected chi connectivity index (χ4v) is 3.02. The lowest BCUT2D eigenvalue weighted by Crippen LogP contribution is -2.03. The molecule has 0 aliphatic carbocycles. The van der Waals surface area contributed by atoms with Crippen molar-refractivity contribution in [3.63, 3.8) is 0 Å². The minimum absolute atomic E-state index is 0.104. The van der Waals surface area contributed by atoms with Gasteiger partial charge in [-0.05, 0) is 42.5 Å². The molecule has 0 radical (unpaired) electrons. The van der Waals surface area contributed by atoms with Crippen molar-refractivity contribution in [2.75, 3.05) is 7.11 Å². The summed E-state index contributed by atoms with van der Waals surface area (Å²) in [6.07, 6.45) is 1.49. The fourth-order valence-electron chi connectivity index (χ4n) is 2.85. The van der Waals surface area contributed by atoms with Crippen molar-refractivity contribution in [1.82, 2.24) is 9.97 Å². The second kappa shape index (κ2) is 5.79. The summed E-state index contributed by atoms with van der Waals surface area (Å²) in [4.78, 5) is 20.3. The summed E-state index contributed by atoms with van der Waals surface area (Å²) in [7, 11) is 1.50. The number of aromatic hydroxyl groups is 1. The second-order valence-corrected chi connectivity index (χ2v) is 6.08. The van der Waals surface area contributed by atoms with E-state index in [0.29, 0.717) is 22.0 Å². The Morgan fingerprint density at radius 2 is 2.00 bits per heavy atom. The summed E-state index contributed by atoms with van der Waals surface area (Å²) in [5.41, 5.74) is 2.10. The molecule has 2 heterocycles. The number of pyridine rings is 1. The number of phenolic OH excluding ortho intramolecular Hbond substituents is 1. The normalized spacial score (nSPS) is 11.1. The van der Waals surface area contributed by atoms with Gasteiger partial charge in [-0.2, -0.15) is 0 Å². The number of aromatic nitrogens is 2. The largest absolute Gasteiger partial charge is 0.507 e. The zero-order valence-electron chi connectivity index (χ0n) is 13.2. The number of halogens is 1. The number of fused-ring (bicyclic) bond motifs is 3. The van der Waals surface area contributed by atoms with Crippen LogP contribution in [0.15, 0.2) is 48.7 Å². The van der Waals surface area contributed by atoms with E-state index in [4.69, 9.17) is 16.3 Å². The van der Waals surface area contributed by atoms with Gasteiger partial charge in [0, 0.05) is 33.1 Å². The van der Waals surface area contributed by atoms with Crippen molar-refractivity contribution in [1.29, 1.82) is 0 Å². The molecule has 2 aromatic carbocycles. The standard InChI is InChI=1S/C19H13ClN2O3/c1-25-12-3-5-17(23)15(8-12)18(24)10-6-14-13-7-11(20)2-4-16(13)22-19(14)21-9-10/h2-9,23H,1H3,(H,21,22). The number of methoxy groups -OCH3 is 1. The molecule has 4 aromatic rings. The fraction of sp³-hybridized carbons (Fsp3) is 0.0526. The summed E-state index contributed by atoms with van der Waals surface area (Å²) in [5, 5.41) is 12.3. The predicted molar refractivity (Wildman–Crippen MR) is 96.7 cm³/mol. The molecular weight excluding hydrogens is 340 g/mol. The number of nitrogens with zero attached hydrogens (tertiary/aromatic N) is 1. The Balaban J connectivity index is 1.88. The van der Waals surface area contributed by atoms with Crippen LogP contribution in [0.25, 0.3) is 21.9 Å². The minimum Gasteiger partial charge on any atom is -0.507 e. The molecule has 0 unspecified atom stereocenters. The number of nitrogens with one attached hydrogen (secondary N) is 1. The number of carbonyl (C=O) groups is 1. The first-order valence-corrected chi connectivity index (χ1v) is 7.93. The number of rotatable bonds is 3. The number of ether oxygens (including phenoxy) is 1. The zero-order valence-corrected chi connectivity index (χ0v) is 14.0. The average Bonchev–Trinajstić information content (AvgIpc) is 2.98. The third-order valence-corrected chi connectivity index (χ3v) is 4.36. The molecule has 2 aromatic heterocycles. The van der Waals surface area contributed by atoms with Gasteiger partial charge in [0.15, 0.2) is 5.78 Å². The predicted octanol–water partition coefficient (Wildman–Crippen LogP) is 4.31. The van der Waals surface area contributed by atoms with E-state index in [0.717, 1.165) is 16.3 Å². The minimum atomic E-state index is -0.331. The highest BCUT2D eigenvalue weighted by Gasteiger charge is 2.17. The van der Waals surface area contributed by atoms with Gasteiger partial charge in [0.1, 0.15) is 17.1 Å². The van der Waals surface area contributed by atoms with Gasteiger partial charge in [0.2, 0.25) is 0 Å². The van der Waals surface area contributed by atoms with Crippen LogP contribution in [0.1, 0.15) is 15.9 Å². The lowest BCUT2D eigenvalue weighted by atomic mass is 10.0. The summed E-state index contributed by atoms with van der Waals surface area (Å²) in [6.45, 7) is 0. The Morgan fingerprint density at radius 1 is 1.16 bits per heavy atom. The molecule has 2 N–H and O–H groups in total. The molecule has 0 spiro atoms. The van der Waals surface area contributed by atoms with E-state index >= 15 is 0 Å². The number of hydrogen-bond acceptors (Lipinski definition) is 4. The molecule has 0 bridgehead atoms. The molecule has 0 atom stereocenters. The molecule has 5 nitrogen and oxygen atoms in total. The molecule has 0 amide bonds. The van der Waals surface area contributed by atoms with Crippen molar-refractivity contribution < 1.29 is 14.6 Å². The van der Waals surface area contributed by atoms with Crippen LogP contribution in [0.4, 0.5) is 0 Å². The number of hydrogen-bond donors (Lipinski definition) is 2. The number of benzene rings is 2. The molecule has 25 heavy (non-hydrogen) atoms. The van der Waals surface area contributed by atoms with Crippen LogP contribution in [0.3, 0.4) is 0 Å². The van der Waals surface area contributed by atoms with Gasteiger partial charge in [0.25, 0.3) is 0 Å². The van der Waals surface area contributed by atoms with Crippen LogP contribution in [0, 0.1) is 0 Å². The van der Waals surface area contributed by atoms with Crippen LogP contribution in [-0.2, 0) is 0 Å². The molecule has 0 saturated carbocycles. The summed E-state index contributed by atoms with van der Waals surface area (Å²) in [5.74, 6) is 0.0594. The lowest BCUT2D eigenvalue weighted by Gasteiger charge is -2.06. The Hall–Kier alpha value is -3.05. The Kier molecular flexibility index (Phi) is 3.58. The highest BCUT2D eigenvalue weighted by molar-refractivity contribution is 6.31. The molecule has 4 rings (SSSR count). The zero-order chi connectivity index (χ0) is 17.6. The monoisotopic (exact) mass is 352 g/mol. The maximum Gasteiger partial charge on any atom is 0.198 e. The van der Waals surface area contributed by atoms with E-state index < -0.39 is 0 Å². The van der Waals surface area contributed by atoms with Gasteiger partial charge in [-0.15, -0.1) is 0 Å². The van der Waals surface area contributed by atoms with Gasteiger partial charge >= 0.3 is 0 Å². The molecule has 124 valence electrons. The summed E-state index contributed by atoms with van der Waals surface area (Å²) < 4.78 is 5.13. The van der Waals surface area contributed by atoms with Gasteiger partial charge in [-0.3, -0.25) is 4.79 Å². The second-order valence-electron chi connectivity index (χ2n) is 5.65. The number of H-pyrrole nitrogens is 1. The number of aromatic amines is 1. The molecule has 0 saturated heterocycles. The smallest absolute Gasteiger partial charge is 0.198 e. The maximum atomic E-state index is 12.8. The van der Waals surface area contributed by atoms with Crippen LogP contribution in [0.2, 0.25) is 5.02 Å². The Bertz CT molecular complexity index is 1130. The van der Waals surface area contributed by atoms with Crippen molar-refractivity contribution in [3.8, 4) is 11.5 Å². The SMILES string of the molecule is COc1ccc(O)c(C(=O)c2cnc3[nH]c4ccc(Cl)cc4c3c2)c1. The third-order valence-electron chi connectivity index (χ3n) is 4.12. The number of ketones is 1. The quantitative estimate of drug-likeness (QED) is 0.538. The van der Waals surface area contributed by atoms with Crippen LogP contribution < -0.4 is 4.74 Å². The highest BCUT2D eigenvalue weighted by atomic mass is 35.5. The number of carbonyl (C=O) groups excluding carboxylic acids is 1. The van der Waals surface area contributed by atoms with E-state index in [1.165, 1.54) is 25.4 Å². The third kappa shape index (κ3) is 2.58. The van der Waals surface area contributed by atoms with Gasteiger partial charge in [-0.25, -0.2) is 4.98 Å². The van der Waals surface area contributed by atoms with E-state index in [2.05, 4.69) is 9.97 Å². The van der Waals surface area contributed by atoms with E-state index in [9.17, 15) is 9.90 Å². The molecule has 0 fully saturated rings. The van der Waals surface area contributed by atoms with Crippen LogP contribution >= 0.6 is 11.6 Å². The molecule has 0 aliphatic rings. The van der Waals surface area contributed by atoms with E-state index in [-0.39, 0.29) is 17.1 Å². The van der Waals surface area contributed by atoms with Gasteiger partial charge in [-0.1, -0.05) is 11.6 Å². The first kappa shape index (κ1) is 15.5. The lowest BCUT2D eigenvalue weighted by molar-refractivity contribution is 0.103. The summed E-state index contributed by atoms with van der Waals surface area (Å²) in [6, 6.07) is 11.8. The highest BCUT2D eigenvalue weighted by Crippen LogP contribution is 2.30. The number of phenols is 1. The van der Waals surface area contributed by atoms with Crippen molar-refractivity contribution in [3.05, 3.63) is 64.8 Å². The van der Waals surface area contributed by atoms with Gasteiger partial charge in [0.05, 0.1) is 12.7 Å². The average molecular weight is 353 g/mol. The van der Waals surface area contributed by atoms with E-state index in [1.54, 1.807) is 18.2 Å². The van der Waals surface area contributed by atoms with Gasteiger partial charge < -0.3 is 14.8 Å². The topological polar surface area (TPSA) is 75.2 Å². The Labute approximate surface area is 147 Å². The van der Waals surface area contributed by atoms with Crippen molar-refractivity contribution >= 4 is 39.3 Å².